The molecule has 1 fully saturated rings. The maximum atomic E-state index is 5.77. The van der Waals surface area contributed by atoms with E-state index in [9.17, 15) is 0 Å². The lowest BCUT2D eigenvalue weighted by Crippen LogP contribution is -2.29. The molecule has 0 N–H and O–H groups in total. The van der Waals surface area contributed by atoms with Gasteiger partial charge in [-0.1, -0.05) is 35.7 Å². The van der Waals surface area contributed by atoms with Crippen molar-refractivity contribution in [3.63, 3.8) is 0 Å². The minimum atomic E-state index is 0.411. The van der Waals surface area contributed by atoms with Crippen molar-refractivity contribution >= 4 is 15.9 Å². The Labute approximate surface area is 95.5 Å². The molecule has 0 amide bonds. The quantitative estimate of drug-likeness (QED) is 0.542. The van der Waals surface area contributed by atoms with E-state index in [0.29, 0.717) is 10.9 Å². The topological polar surface area (TPSA) is 18.5 Å². The van der Waals surface area contributed by atoms with Crippen LogP contribution >= 0.6 is 15.9 Å². The number of halogens is 1. The molecule has 0 saturated heterocycles. The van der Waals surface area contributed by atoms with Crippen LogP contribution in [-0.4, -0.2) is 30.8 Å². The minimum Gasteiger partial charge on any atom is -0.379 e. The molecule has 0 spiro atoms. The molecule has 1 rings (SSSR count). The van der Waals surface area contributed by atoms with Crippen LogP contribution in [-0.2, 0) is 9.47 Å². The maximum Gasteiger partial charge on any atom is 0.0704 e. The molecule has 14 heavy (non-hydrogen) atoms. The molecule has 0 aliphatic heterocycles. The standard InChI is InChI=1S/C11H21BrO2/c1-2-7-13-8-9-14-11-6-4-3-5-10(11)12/h10-11H,2-9H2,1H3. The van der Waals surface area contributed by atoms with Crippen LogP contribution < -0.4 is 0 Å². The molecule has 0 aromatic rings. The van der Waals surface area contributed by atoms with Crippen LogP contribution in [0.4, 0.5) is 0 Å². The van der Waals surface area contributed by atoms with E-state index in [0.717, 1.165) is 26.2 Å². The molecule has 1 aliphatic rings. The minimum absolute atomic E-state index is 0.411. The molecule has 0 bridgehead atoms. The molecule has 84 valence electrons. The largest absolute Gasteiger partial charge is 0.379 e. The Morgan fingerprint density at radius 1 is 1.14 bits per heavy atom. The first-order chi connectivity index (χ1) is 6.84. The van der Waals surface area contributed by atoms with Crippen LogP contribution in [0, 0.1) is 0 Å². The third-order valence-corrected chi connectivity index (χ3v) is 3.58. The molecule has 0 heterocycles. The highest BCUT2D eigenvalue weighted by atomic mass is 79.9. The van der Waals surface area contributed by atoms with Crippen molar-refractivity contribution in [1.29, 1.82) is 0 Å². The number of rotatable bonds is 6. The van der Waals surface area contributed by atoms with Gasteiger partial charge in [0.15, 0.2) is 0 Å². The van der Waals surface area contributed by atoms with Crippen LogP contribution in [0.1, 0.15) is 39.0 Å². The third-order valence-electron chi connectivity index (χ3n) is 2.53. The molecule has 2 unspecified atom stereocenters. The van der Waals surface area contributed by atoms with Gasteiger partial charge in [-0.2, -0.15) is 0 Å². The Balaban J connectivity index is 1.99. The van der Waals surface area contributed by atoms with E-state index in [1.165, 1.54) is 25.7 Å². The highest BCUT2D eigenvalue weighted by Crippen LogP contribution is 2.26. The number of hydrogen-bond donors (Lipinski definition) is 0. The summed E-state index contributed by atoms with van der Waals surface area (Å²) in [6, 6.07) is 0. The van der Waals surface area contributed by atoms with Gasteiger partial charge in [-0.3, -0.25) is 0 Å². The molecule has 2 nitrogen and oxygen atoms in total. The van der Waals surface area contributed by atoms with Gasteiger partial charge >= 0.3 is 0 Å². The van der Waals surface area contributed by atoms with Crippen molar-refractivity contribution in [1.82, 2.24) is 0 Å². The van der Waals surface area contributed by atoms with Crippen molar-refractivity contribution in [2.24, 2.45) is 0 Å². The smallest absolute Gasteiger partial charge is 0.0704 e. The molecular weight excluding hydrogens is 244 g/mol. The van der Waals surface area contributed by atoms with E-state index in [-0.39, 0.29) is 0 Å². The summed E-state index contributed by atoms with van der Waals surface area (Å²) in [4.78, 5) is 0.558. The molecule has 1 aliphatic carbocycles. The molecule has 0 aromatic carbocycles. The van der Waals surface area contributed by atoms with E-state index < -0.39 is 0 Å². The van der Waals surface area contributed by atoms with E-state index in [2.05, 4.69) is 22.9 Å². The van der Waals surface area contributed by atoms with Crippen LogP contribution in [0.3, 0.4) is 0 Å². The van der Waals surface area contributed by atoms with Crippen molar-refractivity contribution < 1.29 is 9.47 Å². The summed E-state index contributed by atoms with van der Waals surface area (Å²) in [5.74, 6) is 0. The number of hydrogen-bond acceptors (Lipinski definition) is 2. The highest BCUT2D eigenvalue weighted by Gasteiger charge is 2.22. The lowest BCUT2D eigenvalue weighted by Gasteiger charge is -2.27. The zero-order chi connectivity index (χ0) is 10.2. The Morgan fingerprint density at radius 3 is 2.64 bits per heavy atom. The maximum absolute atomic E-state index is 5.77. The predicted molar refractivity (Wildman–Crippen MR) is 62.0 cm³/mol. The van der Waals surface area contributed by atoms with Crippen LogP contribution in [0.5, 0.6) is 0 Å². The van der Waals surface area contributed by atoms with Crippen molar-refractivity contribution in [3.05, 3.63) is 0 Å². The fourth-order valence-electron chi connectivity index (χ4n) is 1.74. The van der Waals surface area contributed by atoms with Crippen molar-refractivity contribution in [2.45, 2.75) is 50.0 Å². The third kappa shape index (κ3) is 4.76. The fourth-order valence-corrected chi connectivity index (χ4v) is 2.48. The lowest BCUT2D eigenvalue weighted by atomic mass is 9.98. The van der Waals surface area contributed by atoms with E-state index >= 15 is 0 Å². The van der Waals surface area contributed by atoms with Crippen LogP contribution in [0.15, 0.2) is 0 Å². The zero-order valence-electron chi connectivity index (χ0n) is 9.01. The summed E-state index contributed by atoms with van der Waals surface area (Å²) in [6.07, 6.45) is 6.59. The first kappa shape index (κ1) is 12.5. The Morgan fingerprint density at radius 2 is 1.93 bits per heavy atom. The summed E-state index contributed by atoms with van der Waals surface area (Å²) >= 11 is 3.67. The van der Waals surface area contributed by atoms with E-state index in [1.54, 1.807) is 0 Å². The Hall–Kier alpha value is 0.400. The van der Waals surface area contributed by atoms with Crippen molar-refractivity contribution in [2.75, 3.05) is 19.8 Å². The number of alkyl halides is 1. The second-order valence-electron chi connectivity index (χ2n) is 3.82. The van der Waals surface area contributed by atoms with Gasteiger partial charge < -0.3 is 9.47 Å². The van der Waals surface area contributed by atoms with Gasteiger partial charge in [0, 0.05) is 11.4 Å². The summed E-state index contributed by atoms with van der Waals surface area (Å²) in [7, 11) is 0. The zero-order valence-corrected chi connectivity index (χ0v) is 10.6. The summed E-state index contributed by atoms with van der Waals surface area (Å²) in [5, 5.41) is 0. The average Bonchev–Trinajstić information content (AvgIpc) is 2.20. The lowest BCUT2D eigenvalue weighted by molar-refractivity contribution is -0.00595. The van der Waals surface area contributed by atoms with Gasteiger partial charge in [-0.05, 0) is 19.3 Å². The Kier molecular flexibility index (Phi) is 6.82. The van der Waals surface area contributed by atoms with E-state index in [1.807, 2.05) is 0 Å². The van der Waals surface area contributed by atoms with Gasteiger partial charge in [-0.15, -0.1) is 0 Å². The summed E-state index contributed by atoms with van der Waals surface area (Å²) < 4.78 is 11.1. The molecule has 3 heteroatoms. The first-order valence-electron chi connectivity index (χ1n) is 5.68. The predicted octanol–water partition coefficient (Wildman–Crippen LogP) is 3.14. The van der Waals surface area contributed by atoms with Gasteiger partial charge in [-0.25, -0.2) is 0 Å². The molecule has 0 radical (unpaired) electrons. The molecular formula is C11H21BrO2. The van der Waals surface area contributed by atoms with Gasteiger partial charge in [0.2, 0.25) is 0 Å². The van der Waals surface area contributed by atoms with Gasteiger partial charge in [0.25, 0.3) is 0 Å². The molecule has 2 atom stereocenters. The summed E-state index contributed by atoms with van der Waals surface area (Å²) in [5.41, 5.74) is 0. The van der Waals surface area contributed by atoms with Crippen LogP contribution in [0.25, 0.3) is 0 Å². The monoisotopic (exact) mass is 264 g/mol. The average molecular weight is 265 g/mol. The normalized spacial score (nSPS) is 27.9. The van der Waals surface area contributed by atoms with Gasteiger partial charge in [0.1, 0.15) is 0 Å². The molecule has 0 aromatic heterocycles. The SMILES string of the molecule is CCCOCCOC1CCCCC1Br. The number of ether oxygens (including phenoxy) is 2. The van der Waals surface area contributed by atoms with Gasteiger partial charge in [0.05, 0.1) is 19.3 Å². The Bertz CT molecular complexity index is 141. The van der Waals surface area contributed by atoms with Crippen LogP contribution in [0.2, 0.25) is 0 Å². The highest BCUT2D eigenvalue weighted by molar-refractivity contribution is 9.09. The summed E-state index contributed by atoms with van der Waals surface area (Å²) in [6.45, 7) is 4.46. The first-order valence-corrected chi connectivity index (χ1v) is 6.59. The molecule has 1 saturated carbocycles. The van der Waals surface area contributed by atoms with E-state index in [4.69, 9.17) is 9.47 Å². The van der Waals surface area contributed by atoms with Crippen molar-refractivity contribution in [3.8, 4) is 0 Å². The fraction of sp³-hybridized carbons (Fsp3) is 1.00. The second-order valence-corrected chi connectivity index (χ2v) is 5.00. The second kappa shape index (κ2) is 7.66.